The first-order valence-electron chi connectivity index (χ1n) is 10.3. The van der Waals surface area contributed by atoms with E-state index in [1.807, 2.05) is 6.07 Å². The molecule has 4 rings (SSSR count). The third kappa shape index (κ3) is 3.65. The number of nitrogens with zero attached hydrogens (tertiary/aromatic N) is 2. The highest BCUT2D eigenvalue weighted by molar-refractivity contribution is 6.07. The fraction of sp³-hybridized carbons (Fsp3) is 0.565. The number of ether oxygens (including phenoxy) is 1. The minimum atomic E-state index is -0.0398. The second-order valence-electron chi connectivity index (χ2n) is 8.76. The summed E-state index contributed by atoms with van der Waals surface area (Å²) in [6.07, 6.45) is 4.22. The van der Waals surface area contributed by atoms with Gasteiger partial charge in [0.05, 0.1) is 11.1 Å². The van der Waals surface area contributed by atoms with Gasteiger partial charge in [0.2, 0.25) is 0 Å². The highest BCUT2D eigenvalue weighted by Crippen LogP contribution is 2.40. The van der Waals surface area contributed by atoms with Crippen LogP contribution in [0.5, 0.6) is 0 Å². The first-order chi connectivity index (χ1) is 13.4. The van der Waals surface area contributed by atoms with Crippen molar-refractivity contribution >= 4 is 16.8 Å². The van der Waals surface area contributed by atoms with Crippen molar-refractivity contribution in [2.24, 2.45) is 0 Å². The summed E-state index contributed by atoms with van der Waals surface area (Å²) in [5, 5.41) is 4.21. The second-order valence-corrected chi connectivity index (χ2v) is 8.76. The van der Waals surface area contributed by atoms with E-state index in [-0.39, 0.29) is 11.4 Å². The largest absolute Gasteiger partial charge is 0.381 e. The first-order valence-corrected chi connectivity index (χ1v) is 10.3. The standard InChI is InChI=1S/C23H31N3O2/c1-15-11-16(2)21-18(12-15)19(13-20(25-21)17-5-6-17)22(27)24-14-23(26(3)4)7-9-28-10-8-23/h11-13,17H,5-10,14H2,1-4H3,(H,24,27). The third-order valence-corrected chi connectivity index (χ3v) is 6.46. The number of carbonyl (C=O) groups excluding carboxylic acids is 1. The van der Waals surface area contributed by atoms with Crippen molar-refractivity contribution in [3.63, 3.8) is 0 Å². The molecule has 2 aromatic rings. The van der Waals surface area contributed by atoms with Crippen LogP contribution < -0.4 is 5.32 Å². The van der Waals surface area contributed by atoms with Crippen LogP contribution in [0.4, 0.5) is 0 Å². The zero-order valence-corrected chi connectivity index (χ0v) is 17.5. The van der Waals surface area contributed by atoms with Gasteiger partial charge in [0, 0.05) is 42.3 Å². The molecule has 1 saturated carbocycles. The summed E-state index contributed by atoms with van der Waals surface area (Å²) in [6, 6.07) is 6.27. The Bertz CT molecular complexity index is 896. The first kappa shape index (κ1) is 19.3. The highest BCUT2D eigenvalue weighted by atomic mass is 16.5. The number of aromatic nitrogens is 1. The number of fused-ring (bicyclic) bond motifs is 1. The van der Waals surface area contributed by atoms with E-state index >= 15 is 0 Å². The third-order valence-electron chi connectivity index (χ3n) is 6.46. The Hall–Kier alpha value is -1.98. The molecule has 0 atom stereocenters. The maximum Gasteiger partial charge on any atom is 0.252 e. The van der Waals surface area contributed by atoms with Gasteiger partial charge in [-0.25, -0.2) is 0 Å². The number of amides is 1. The summed E-state index contributed by atoms with van der Waals surface area (Å²) in [7, 11) is 4.19. The van der Waals surface area contributed by atoms with Crippen LogP contribution in [-0.4, -0.2) is 55.2 Å². The number of nitrogens with one attached hydrogen (secondary N) is 1. The van der Waals surface area contributed by atoms with Gasteiger partial charge in [-0.15, -0.1) is 0 Å². The number of carbonyl (C=O) groups is 1. The van der Waals surface area contributed by atoms with E-state index in [0.29, 0.717) is 12.5 Å². The second kappa shape index (κ2) is 7.45. The van der Waals surface area contributed by atoms with Crippen LogP contribution in [0.3, 0.4) is 0 Å². The molecule has 2 fully saturated rings. The van der Waals surface area contributed by atoms with Crippen molar-refractivity contribution in [3.05, 3.63) is 40.6 Å². The van der Waals surface area contributed by atoms with Crippen molar-refractivity contribution in [1.82, 2.24) is 15.2 Å². The lowest BCUT2D eigenvalue weighted by Crippen LogP contribution is -2.55. The molecule has 2 aliphatic rings. The van der Waals surface area contributed by atoms with Crippen LogP contribution in [0.25, 0.3) is 10.9 Å². The topological polar surface area (TPSA) is 54.5 Å². The van der Waals surface area contributed by atoms with Gasteiger partial charge in [-0.05, 0) is 71.3 Å². The normalized spacial score (nSPS) is 19.2. The minimum Gasteiger partial charge on any atom is -0.381 e. The molecule has 1 aromatic carbocycles. The maximum atomic E-state index is 13.3. The van der Waals surface area contributed by atoms with Crippen LogP contribution in [-0.2, 0) is 4.74 Å². The van der Waals surface area contributed by atoms with E-state index in [1.165, 1.54) is 12.8 Å². The zero-order chi connectivity index (χ0) is 19.9. The van der Waals surface area contributed by atoms with E-state index in [4.69, 9.17) is 9.72 Å². The maximum absolute atomic E-state index is 13.3. The van der Waals surface area contributed by atoms with Crippen LogP contribution in [0.1, 0.15) is 58.8 Å². The van der Waals surface area contributed by atoms with Crippen molar-refractivity contribution in [1.29, 1.82) is 0 Å². The van der Waals surface area contributed by atoms with E-state index in [0.717, 1.165) is 59.3 Å². The van der Waals surface area contributed by atoms with E-state index in [9.17, 15) is 4.79 Å². The molecule has 1 amide bonds. The van der Waals surface area contributed by atoms with Gasteiger partial charge in [-0.3, -0.25) is 9.78 Å². The summed E-state index contributed by atoms with van der Waals surface area (Å²) in [4.78, 5) is 20.4. The molecule has 0 bridgehead atoms. The Morgan fingerprint density at radius 1 is 1.21 bits per heavy atom. The van der Waals surface area contributed by atoms with Crippen molar-refractivity contribution < 1.29 is 9.53 Å². The van der Waals surface area contributed by atoms with E-state index in [2.05, 4.69) is 50.3 Å². The number of rotatable bonds is 5. The lowest BCUT2D eigenvalue weighted by atomic mass is 9.88. The molecule has 2 heterocycles. The molecule has 5 nitrogen and oxygen atoms in total. The summed E-state index contributed by atoms with van der Waals surface area (Å²) in [6.45, 7) is 6.29. The van der Waals surface area contributed by atoms with Gasteiger partial charge in [0.25, 0.3) is 5.91 Å². The van der Waals surface area contributed by atoms with E-state index in [1.54, 1.807) is 0 Å². The fourth-order valence-electron chi connectivity index (χ4n) is 4.35. The molecule has 28 heavy (non-hydrogen) atoms. The van der Waals surface area contributed by atoms with Crippen molar-refractivity contribution in [2.45, 2.75) is 51.0 Å². The fourth-order valence-corrected chi connectivity index (χ4v) is 4.35. The Morgan fingerprint density at radius 3 is 2.57 bits per heavy atom. The Labute approximate surface area is 167 Å². The molecule has 1 aliphatic carbocycles. The Morgan fingerprint density at radius 2 is 1.93 bits per heavy atom. The summed E-state index contributed by atoms with van der Waals surface area (Å²) >= 11 is 0. The minimum absolute atomic E-state index is 0.00650. The predicted octanol–water partition coefficient (Wildman–Crippen LogP) is 3.57. The molecular formula is C23H31N3O2. The van der Waals surface area contributed by atoms with Crippen molar-refractivity contribution in [3.8, 4) is 0 Å². The van der Waals surface area contributed by atoms with Gasteiger partial charge < -0.3 is 15.0 Å². The molecule has 0 radical (unpaired) electrons. The number of pyridine rings is 1. The molecule has 1 N–H and O–H groups in total. The van der Waals surface area contributed by atoms with Gasteiger partial charge in [-0.1, -0.05) is 11.6 Å². The van der Waals surface area contributed by atoms with Gasteiger partial charge in [0.15, 0.2) is 0 Å². The van der Waals surface area contributed by atoms with Crippen molar-refractivity contribution in [2.75, 3.05) is 33.9 Å². The lowest BCUT2D eigenvalue weighted by molar-refractivity contribution is -0.00657. The van der Waals surface area contributed by atoms with Gasteiger partial charge in [-0.2, -0.15) is 0 Å². The molecule has 0 spiro atoms. The molecule has 0 unspecified atom stereocenters. The Kier molecular flexibility index (Phi) is 5.15. The van der Waals surface area contributed by atoms with Crippen LogP contribution >= 0.6 is 0 Å². The number of aryl methyl sites for hydroxylation is 2. The monoisotopic (exact) mass is 381 g/mol. The van der Waals surface area contributed by atoms with Crippen LogP contribution in [0, 0.1) is 13.8 Å². The lowest BCUT2D eigenvalue weighted by Gasteiger charge is -2.42. The molecule has 1 aromatic heterocycles. The number of hydrogen-bond acceptors (Lipinski definition) is 4. The average Bonchev–Trinajstić information content (AvgIpc) is 3.51. The summed E-state index contributed by atoms with van der Waals surface area (Å²) in [5.74, 6) is 0.521. The van der Waals surface area contributed by atoms with Gasteiger partial charge in [0.1, 0.15) is 0 Å². The average molecular weight is 382 g/mol. The smallest absolute Gasteiger partial charge is 0.252 e. The highest BCUT2D eigenvalue weighted by Gasteiger charge is 2.35. The zero-order valence-electron chi connectivity index (χ0n) is 17.5. The molecule has 5 heteroatoms. The molecule has 1 aliphatic heterocycles. The Balaban J connectivity index is 1.66. The predicted molar refractivity (Wildman–Crippen MR) is 112 cm³/mol. The number of likely N-dealkylation sites (N-methyl/N-ethyl adjacent to an activating group) is 1. The molecule has 1 saturated heterocycles. The van der Waals surface area contributed by atoms with E-state index < -0.39 is 0 Å². The molecule has 150 valence electrons. The SMILES string of the molecule is Cc1cc(C)c2nc(C3CC3)cc(C(=O)NCC3(N(C)C)CCOCC3)c2c1. The molecular weight excluding hydrogens is 350 g/mol. The number of benzene rings is 1. The summed E-state index contributed by atoms with van der Waals surface area (Å²) < 4.78 is 5.55. The summed E-state index contributed by atoms with van der Waals surface area (Å²) in [5.41, 5.74) is 5.06. The van der Waals surface area contributed by atoms with Crippen LogP contribution in [0.2, 0.25) is 0 Å². The quantitative estimate of drug-likeness (QED) is 0.860. The number of hydrogen-bond donors (Lipinski definition) is 1. The van der Waals surface area contributed by atoms with Crippen LogP contribution in [0.15, 0.2) is 18.2 Å². The van der Waals surface area contributed by atoms with Gasteiger partial charge >= 0.3 is 0 Å².